The smallest absolute Gasteiger partial charge is 0.127 e. The van der Waals surface area contributed by atoms with Crippen molar-refractivity contribution in [2.24, 2.45) is 0 Å². The van der Waals surface area contributed by atoms with Gasteiger partial charge in [-0.3, -0.25) is 9.97 Å². The van der Waals surface area contributed by atoms with E-state index < -0.39 is 0 Å². The second-order valence-electron chi connectivity index (χ2n) is 4.36. The Bertz CT molecular complexity index is 697. The van der Waals surface area contributed by atoms with Gasteiger partial charge in [0, 0.05) is 35.9 Å². The van der Waals surface area contributed by atoms with Crippen LogP contribution in [0.3, 0.4) is 0 Å². The number of aromatic nitrogens is 2. The second kappa shape index (κ2) is 5.53. The SMILES string of the molecule is COc1cccc(-c2cccnc2)c1-c1ccncc1. The summed E-state index contributed by atoms with van der Waals surface area (Å²) in [5, 5.41) is 0. The maximum absolute atomic E-state index is 5.52. The van der Waals surface area contributed by atoms with Gasteiger partial charge in [-0.2, -0.15) is 0 Å². The Balaban J connectivity index is 2.26. The molecule has 1 aromatic carbocycles. The maximum Gasteiger partial charge on any atom is 0.127 e. The molecule has 0 atom stereocenters. The molecule has 3 aromatic rings. The molecule has 0 aliphatic carbocycles. The molecule has 0 saturated carbocycles. The predicted molar refractivity (Wildman–Crippen MR) is 79.5 cm³/mol. The van der Waals surface area contributed by atoms with E-state index in [0.29, 0.717) is 0 Å². The van der Waals surface area contributed by atoms with Crippen LogP contribution in [0.25, 0.3) is 22.3 Å². The van der Waals surface area contributed by atoms with Crippen molar-refractivity contribution >= 4 is 0 Å². The number of hydrogen-bond donors (Lipinski definition) is 0. The van der Waals surface area contributed by atoms with Crippen LogP contribution in [0, 0.1) is 0 Å². The Morgan fingerprint density at radius 3 is 2.35 bits per heavy atom. The first-order valence-corrected chi connectivity index (χ1v) is 6.38. The van der Waals surface area contributed by atoms with E-state index in [2.05, 4.69) is 16.0 Å². The van der Waals surface area contributed by atoms with Crippen LogP contribution in [-0.2, 0) is 0 Å². The second-order valence-corrected chi connectivity index (χ2v) is 4.36. The molecule has 2 heterocycles. The van der Waals surface area contributed by atoms with Gasteiger partial charge < -0.3 is 4.74 Å². The minimum Gasteiger partial charge on any atom is -0.496 e. The fraction of sp³-hybridized carbons (Fsp3) is 0.0588. The van der Waals surface area contributed by atoms with Crippen molar-refractivity contribution in [2.45, 2.75) is 0 Å². The summed E-state index contributed by atoms with van der Waals surface area (Å²) in [5.74, 6) is 0.845. The summed E-state index contributed by atoms with van der Waals surface area (Å²) in [6.07, 6.45) is 7.21. The predicted octanol–water partition coefficient (Wildman–Crippen LogP) is 3.82. The van der Waals surface area contributed by atoms with Crippen LogP contribution in [0.4, 0.5) is 0 Å². The fourth-order valence-electron chi connectivity index (χ4n) is 2.28. The number of pyridine rings is 2. The van der Waals surface area contributed by atoms with Crippen molar-refractivity contribution < 1.29 is 4.74 Å². The van der Waals surface area contributed by atoms with Crippen LogP contribution in [0.15, 0.2) is 67.3 Å². The van der Waals surface area contributed by atoms with Crippen molar-refractivity contribution in [2.75, 3.05) is 7.11 Å². The average Bonchev–Trinajstić information content (AvgIpc) is 2.55. The number of benzene rings is 1. The lowest BCUT2D eigenvalue weighted by molar-refractivity contribution is 0.416. The molecule has 3 nitrogen and oxygen atoms in total. The zero-order valence-electron chi connectivity index (χ0n) is 11.2. The monoisotopic (exact) mass is 262 g/mol. The number of rotatable bonds is 3. The van der Waals surface area contributed by atoms with Crippen LogP contribution in [0.1, 0.15) is 0 Å². The Morgan fingerprint density at radius 1 is 0.800 bits per heavy atom. The summed E-state index contributed by atoms with van der Waals surface area (Å²) in [4.78, 5) is 8.27. The van der Waals surface area contributed by atoms with E-state index in [9.17, 15) is 0 Å². The molecule has 0 amide bonds. The minimum atomic E-state index is 0.845. The molecule has 20 heavy (non-hydrogen) atoms. The quantitative estimate of drug-likeness (QED) is 0.719. The zero-order valence-corrected chi connectivity index (χ0v) is 11.2. The summed E-state index contributed by atoms with van der Waals surface area (Å²) in [7, 11) is 1.69. The fourth-order valence-corrected chi connectivity index (χ4v) is 2.28. The molecule has 0 aliphatic rings. The Labute approximate surface area is 117 Å². The van der Waals surface area contributed by atoms with E-state index in [1.165, 1.54) is 0 Å². The van der Waals surface area contributed by atoms with E-state index in [1.54, 1.807) is 25.7 Å². The minimum absolute atomic E-state index is 0.845. The Morgan fingerprint density at radius 2 is 1.65 bits per heavy atom. The largest absolute Gasteiger partial charge is 0.496 e. The van der Waals surface area contributed by atoms with Crippen LogP contribution in [0.5, 0.6) is 5.75 Å². The van der Waals surface area contributed by atoms with Crippen molar-refractivity contribution in [3.8, 4) is 28.0 Å². The molecule has 0 fully saturated rings. The molecule has 0 spiro atoms. The zero-order chi connectivity index (χ0) is 13.8. The van der Waals surface area contributed by atoms with Crippen LogP contribution in [-0.4, -0.2) is 17.1 Å². The van der Waals surface area contributed by atoms with E-state index >= 15 is 0 Å². The highest BCUT2D eigenvalue weighted by molar-refractivity contribution is 5.87. The van der Waals surface area contributed by atoms with Crippen LogP contribution >= 0.6 is 0 Å². The van der Waals surface area contributed by atoms with Gasteiger partial charge in [-0.1, -0.05) is 18.2 Å². The third-order valence-electron chi connectivity index (χ3n) is 3.19. The van der Waals surface area contributed by atoms with Gasteiger partial charge in [-0.15, -0.1) is 0 Å². The lowest BCUT2D eigenvalue weighted by Crippen LogP contribution is -1.92. The summed E-state index contributed by atoms with van der Waals surface area (Å²) < 4.78 is 5.52. The first-order valence-electron chi connectivity index (χ1n) is 6.38. The van der Waals surface area contributed by atoms with E-state index in [4.69, 9.17) is 4.74 Å². The third kappa shape index (κ3) is 2.26. The normalized spacial score (nSPS) is 10.2. The van der Waals surface area contributed by atoms with Gasteiger partial charge in [-0.25, -0.2) is 0 Å². The molecule has 0 unspecified atom stereocenters. The molecule has 0 N–H and O–H groups in total. The molecule has 0 bridgehead atoms. The number of methoxy groups -OCH3 is 1. The van der Waals surface area contributed by atoms with Gasteiger partial charge in [0.2, 0.25) is 0 Å². The molecule has 3 rings (SSSR count). The van der Waals surface area contributed by atoms with E-state index in [1.807, 2.05) is 42.6 Å². The summed E-state index contributed by atoms with van der Waals surface area (Å²) in [6.45, 7) is 0. The topological polar surface area (TPSA) is 35.0 Å². The van der Waals surface area contributed by atoms with Crippen LogP contribution in [0.2, 0.25) is 0 Å². The van der Waals surface area contributed by atoms with Crippen molar-refractivity contribution in [1.29, 1.82) is 0 Å². The standard InChI is InChI=1S/C17H14N2O/c1-20-16-6-2-5-15(14-4-3-9-19-12-14)17(16)13-7-10-18-11-8-13/h2-12H,1H3. The molecule has 98 valence electrons. The molecular weight excluding hydrogens is 248 g/mol. The highest BCUT2D eigenvalue weighted by Gasteiger charge is 2.12. The molecule has 3 heteroatoms. The van der Waals surface area contributed by atoms with E-state index in [-0.39, 0.29) is 0 Å². The van der Waals surface area contributed by atoms with Crippen LogP contribution < -0.4 is 4.74 Å². The van der Waals surface area contributed by atoms with Gasteiger partial charge in [-0.05, 0) is 35.4 Å². The van der Waals surface area contributed by atoms with Gasteiger partial charge >= 0.3 is 0 Å². The first-order chi connectivity index (χ1) is 9.90. The Hall–Kier alpha value is -2.68. The van der Waals surface area contributed by atoms with E-state index in [0.717, 1.165) is 28.0 Å². The molecule has 0 saturated heterocycles. The number of hydrogen-bond acceptors (Lipinski definition) is 3. The van der Waals surface area contributed by atoms with Crippen molar-refractivity contribution in [1.82, 2.24) is 9.97 Å². The summed E-state index contributed by atoms with van der Waals surface area (Å²) >= 11 is 0. The highest BCUT2D eigenvalue weighted by Crippen LogP contribution is 2.38. The maximum atomic E-state index is 5.52. The van der Waals surface area contributed by atoms with Crippen molar-refractivity contribution in [3.05, 3.63) is 67.3 Å². The van der Waals surface area contributed by atoms with Gasteiger partial charge in [0.1, 0.15) is 5.75 Å². The highest BCUT2D eigenvalue weighted by atomic mass is 16.5. The molecule has 0 aliphatic heterocycles. The lowest BCUT2D eigenvalue weighted by Gasteiger charge is -2.14. The molecule has 0 radical (unpaired) electrons. The summed E-state index contributed by atoms with van der Waals surface area (Å²) in [6, 6.07) is 14.0. The lowest BCUT2D eigenvalue weighted by atomic mass is 9.95. The van der Waals surface area contributed by atoms with Gasteiger partial charge in [0.25, 0.3) is 0 Å². The summed E-state index contributed by atoms with van der Waals surface area (Å²) in [5.41, 5.74) is 4.31. The van der Waals surface area contributed by atoms with Gasteiger partial charge in [0.05, 0.1) is 7.11 Å². The molecular formula is C17H14N2O. The third-order valence-corrected chi connectivity index (χ3v) is 3.19. The Kier molecular flexibility index (Phi) is 3.42. The molecule has 2 aromatic heterocycles. The first kappa shape index (κ1) is 12.4. The van der Waals surface area contributed by atoms with Crippen molar-refractivity contribution in [3.63, 3.8) is 0 Å². The average molecular weight is 262 g/mol. The number of ether oxygens (including phenoxy) is 1. The number of nitrogens with zero attached hydrogens (tertiary/aromatic N) is 2. The van der Waals surface area contributed by atoms with Gasteiger partial charge in [0.15, 0.2) is 0 Å².